The van der Waals surface area contributed by atoms with Crippen molar-refractivity contribution in [2.45, 2.75) is 6.92 Å². The molecule has 1 aromatic heterocycles. The Bertz CT molecular complexity index is 512. The summed E-state index contributed by atoms with van der Waals surface area (Å²) in [7, 11) is 0. The Balaban J connectivity index is 2.21. The molecule has 7 heteroatoms. The zero-order valence-electron chi connectivity index (χ0n) is 8.34. The summed E-state index contributed by atoms with van der Waals surface area (Å²) in [5.74, 6) is -0.494. The van der Waals surface area contributed by atoms with Crippen molar-refractivity contribution in [3.05, 3.63) is 29.3 Å². The van der Waals surface area contributed by atoms with Crippen LogP contribution in [0.4, 0.5) is 5.13 Å². The van der Waals surface area contributed by atoms with Gasteiger partial charge in [-0.1, -0.05) is 15.7 Å². The van der Waals surface area contributed by atoms with E-state index in [4.69, 9.17) is 0 Å². The fourth-order valence-corrected chi connectivity index (χ4v) is 1.54. The van der Waals surface area contributed by atoms with Gasteiger partial charge in [0, 0.05) is 11.5 Å². The molecule has 2 rings (SSSR count). The number of hydrogen-bond donors (Lipinski definition) is 2. The van der Waals surface area contributed by atoms with Gasteiger partial charge in [-0.2, -0.15) is 0 Å². The molecule has 0 saturated heterocycles. The molecule has 0 radical (unpaired) electrons. The van der Waals surface area contributed by atoms with E-state index in [1.807, 2.05) is 6.92 Å². The van der Waals surface area contributed by atoms with Crippen molar-refractivity contribution < 1.29 is 9.90 Å². The number of phenols is 1. The van der Waals surface area contributed by atoms with Crippen LogP contribution in [-0.4, -0.2) is 25.8 Å². The first kappa shape index (κ1) is 10.5. The minimum absolute atomic E-state index is 0.0602. The highest BCUT2D eigenvalue weighted by Gasteiger charge is 2.12. The third kappa shape index (κ3) is 2.14. The number of carbonyl (C=O) groups excluding carboxylic acids is 1. The van der Waals surface area contributed by atoms with E-state index in [2.05, 4.69) is 20.1 Å². The molecule has 0 aliphatic carbocycles. The number of nitrogens with zero attached hydrogens (tertiary/aromatic N) is 3. The lowest BCUT2D eigenvalue weighted by molar-refractivity contribution is 0.102. The van der Waals surface area contributed by atoms with Crippen LogP contribution in [0.1, 0.15) is 15.9 Å². The van der Waals surface area contributed by atoms with E-state index in [0.717, 1.165) is 17.1 Å². The molecule has 1 aromatic carbocycles. The molecular formula is C9H8N4O2S. The van der Waals surface area contributed by atoms with E-state index in [1.165, 1.54) is 6.07 Å². The topological polar surface area (TPSA) is 88.0 Å². The van der Waals surface area contributed by atoms with Crippen molar-refractivity contribution in [2.24, 2.45) is 0 Å². The van der Waals surface area contributed by atoms with Gasteiger partial charge in [0.25, 0.3) is 5.91 Å². The van der Waals surface area contributed by atoms with Gasteiger partial charge in [-0.15, -0.1) is 0 Å². The molecule has 1 amide bonds. The normalized spacial score (nSPS) is 10.1. The maximum atomic E-state index is 11.7. The lowest BCUT2D eigenvalue weighted by atomic mass is 10.1. The number of aromatic hydroxyl groups is 1. The number of amides is 1. The zero-order valence-corrected chi connectivity index (χ0v) is 9.15. The molecule has 0 saturated carbocycles. The highest BCUT2D eigenvalue weighted by molar-refractivity contribution is 7.09. The number of carbonyl (C=O) groups is 1. The second-order valence-corrected chi connectivity index (χ2v) is 3.87. The Morgan fingerprint density at radius 3 is 2.94 bits per heavy atom. The zero-order chi connectivity index (χ0) is 11.5. The number of benzene rings is 1. The molecule has 16 heavy (non-hydrogen) atoms. The summed E-state index contributed by atoms with van der Waals surface area (Å²) >= 11 is 0.969. The van der Waals surface area contributed by atoms with Crippen LogP contribution < -0.4 is 5.32 Å². The predicted octanol–water partition coefficient (Wildman–Crippen LogP) is 1.20. The van der Waals surface area contributed by atoms with E-state index in [0.29, 0.717) is 5.13 Å². The summed E-state index contributed by atoms with van der Waals surface area (Å²) in [6.07, 6.45) is 0. The lowest BCUT2D eigenvalue weighted by Gasteiger charge is -2.04. The third-order valence-corrected chi connectivity index (χ3v) is 2.43. The molecule has 0 aliphatic heterocycles. The van der Waals surface area contributed by atoms with E-state index in [9.17, 15) is 9.90 Å². The minimum atomic E-state index is -0.434. The summed E-state index contributed by atoms with van der Waals surface area (Å²) in [5, 5.41) is 19.3. The Kier molecular flexibility index (Phi) is 2.78. The number of rotatable bonds is 2. The predicted molar refractivity (Wildman–Crippen MR) is 58.5 cm³/mol. The van der Waals surface area contributed by atoms with Crippen molar-refractivity contribution in [1.29, 1.82) is 0 Å². The number of phenolic OH excluding ortho intramolecular Hbond substituents is 1. The van der Waals surface area contributed by atoms with E-state index in [1.54, 1.807) is 12.1 Å². The smallest absolute Gasteiger partial charge is 0.261 e. The fraction of sp³-hybridized carbons (Fsp3) is 0.111. The van der Waals surface area contributed by atoms with Crippen LogP contribution in [0.5, 0.6) is 5.75 Å². The Labute approximate surface area is 95.1 Å². The highest BCUT2D eigenvalue weighted by atomic mass is 32.1. The Hall–Kier alpha value is -2.02. The standard InChI is InChI=1S/C9H8N4O2S/c1-5-2-3-6(7(14)4-5)8(15)10-9-11-12-13-16-9/h2-4,14H,1H3,(H,10,11,13,15). The number of nitrogens with one attached hydrogen (secondary N) is 1. The molecule has 0 fully saturated rings. The lowest BCUT2D eigenvalue weighted by Crippen LogP contribution is -2.11. The molecule has 6 nitrogen and oxygen atoms in total. The SMILES string of the molecule is Cc1ccc(C(=O)Nc2nnns2)c(O)c1. The van der Waals surface area contributed by atoms with Crippen molar-refractivity contribution in [2.75, 3.05) is 5.32 Å². The molecule has 0 atom stereocenters. The van der Waals surface area contributed by atoms with Gasteiger partial charge < -0.3 is 5.11 Å². The third-order valence-electron chi connectivity index (χ3n) is 1.92. The average Bonchev–Trinajstić information content (AvgIpc) is 2.70. The fourth-order valence-electron chi connectivity index (χ4n) is 1.18. The van der Waals surface area contributed by atoms with Crippen LogP contribution in [0.2, 0.25) is 0 Å². The summed E-state index contributed by atoms with van der Waals surface area (Å²) in [6.45, 7) is 1.83. The monoisotopic (exact) mass is 236 g/mol. The van der Waals surface area contributed by atoms with E-state index < -0.39 is 5.91 Å². The molecule has 2 N–H and O–H groups in total. The maximum Gasteiger partial charge on any atom is 0.261 e. The van der Waals surface area contributed by atoms with E-state index >= 15 is 0 Å². The summed E-state index contributed by atoms with van der Waals surface area (Å²) in [5.41, 5.74) is 1.08. The number of hydrogen-bond acceptors (Lipinski definition) is 6. The van der Waals surface area contributed by atoms with Gasteiger partial charge in [0.15, 0.2) is 0 Å². The first-order chi connectivity index (χ1) is 7.66. The quantitative estimate of drug-likeness (QED) is 0.818. The highest BCUT2D eigenvalue weighted by Crippen LogP contribution is 2.19. The second-order valence-electron chi connectivity index (χ2n) is 3.14. The molecule has 82 valence electrons. The van der Waals surface area contributed by atoms with Crippen molar-refractivity contribution >= 4 is 22.6 Å². The first-order valence-corrected chi connectivity index (χ1v) is 5.20. The number of aromatic nitrogens is 3. The molecule has 0 unspecified atom stereocenters. The van der Waals surface area contributed by atoms with Crippen LogP contribution in [0, 0.1) is 6.92 Å². The van der Waals surface area contributed by atoms with Gasteiger partial charge >= 0.3 is 0 Å². The van der Waals surface area contributed by atoms with Crippen molar-refractivity contribution in [3.63, 3.8) is 0 Å². The second kappa shape index (κ2) is 4.23. The Morgan fingerprint density at radius 1 is 1.50 bits per heavy atom. The van der Waals surface area contributed by atoms with Crippen LogP contribution in [-0.2, 0) is 0 Å². The Morgan fingerprint density at radius 2 is 2.31 bits per heavy atom. The maximum absolute atomic E-state index is 11.7. The molecule has 0 aliphatic rings. The summed E-state index contributed by atoms with van der Waals surface area (Å²) < 4.78 is 3.51. The van der Waals surface area contributed by atoms with E-state index in [-0.39, 0.29) is 11.3 Å². The van der Waals surface area contributed by atoms with Crippen LogP contribution in [0.15, 0.2) is 18.2 Å². The molecule has 2 aromatic rings. The van der Waals surface area contributed by atoms with Crippen LogP contribution in [0.25, 0.3) is 0 Å². The van der Waals surface area contributed by atoms with Gasteiger partial charge in [-0.25, -0.2) is 0 Å². The minimum Gasteiger partial charge on any atom is -0.507 e. The van der Waals surface area contributed by atoms with Crippen LogP contribution >= 0.6 is 11.5 Å². The van der Waals surface area contributed by atoms with Gasteiger partial charge in [-0.3, -0.25) is 10.1 Å². The summed E-state index contributed by atoms with van der Waals surface area (Å²) in [4.78, 5) is 11.7. The first-order valence-electron chi connectivity index (χ1n) is 4.43. The average molecular weight is 236 g/mol. The molecule has 0 spiro atoms. The van der Waals surface area contributed by atoms with Gasteiger partial charge in [0.05, 0.1) is 5.56 Å². The summed E-state index contributed by atoms with van der Waals surface area (Å²) in [6, 6.07) is 4.81. The largest absolute Gasteiger partial charge is 0.507 e. The molecular weight excluding hydrogens is 228 g/mol. The molecule has 1 heterocycles. The van der Waals surface area contributed by atoms with Gasteiger partial charge in [0.2, 0.25) is 5.13 Å². The number of aryl methyl sites for hydroxylation is 1. The van der Waals surface area contributed by atoms with Crippen molar-refractivity contribution in [1.82, 2.24) is 14.8 Å². The van der Waals surface area contributed by atoms with Gasteiger partial charge in [-0.05, 0) is 29.8 Å². The van der Waals surface area contributed by atoms with Crippen LogP contribution in [0.3, 0.4) is 0 Å². The van der Waals surface area contributed by atoms with Crippen molar-refractivity contribution in [3.8, 4) is 5.75 Å². The molecule has 0 bridgehead atoms. The van der Waals surface area contributed by atoms with Gasteiger partial charge in [0.1, 0.15) is 5.75 Å². The number of anilines is 1.